The van der Waals surface area contributed by atoms with E-state index in [1.165, 1.54) is 0 Å². The molecule has 0 aliphatic carbocycles. The fourth-order valence-electron chi connectivity index (χ4n) is 2.40. The molecule has 5 nitrogen and oxygen atoms in total. The molecule has 0 radical (unpaired) electrons. The molecule has 0 amide bonds. The van der Waals surface area contributed by atoms with Crippen molar-refractivity contribution in [1.82, 2.24) is 14.9 Å². The summed E-state index contributed by atoms with van der Waals surface area (Å²) in [6.07, 6.45) is -4.67. The van der Waals surface area contributed by atoms with Gasteiger partial charge in [0.25, 0.3) is 0 Å². The zero-order chi connectivity index (χ0) is 18.0. The Morgan fingerprint density at radius 2 is 1.83 bits per heavy atom. The van der Waals surface area contributed by atoms with Crippen molar-refractivity contribution < 1.29 is 30.4 Å². The van der Waals surface area contributed by atoms with Gasteiger partial charge in [-0.05, 0) is 12.1 Å². The molecule has 1 aliphatic heterocycles. The third kappa shape index (κ3) is 4.41. The van der Waals surface area contributed by atoms with Gasteiger partial charge < -0.3 is 5.32 Å². The maximum Gasteiger partial charge on any atom is 0.405 e. The van der Waals surface area contributed by atoms with Gasteiger partial charge >= 0.3 is 6.18 Å². The van der Waals surface area contributed by atoms with Crippen molar-refractivity contribution in [3.8, 4) is 0 Å². The predicted molar refractivity (Wildman–Crippen MR) is 75.8 cm³/mol. The molecule has 0 saturated carbocycles. The summed E-state index contributed by atoms with van der Waals surface area (Å²) in [5, 5.41) is 2.89. The maximum atomic E-state index is 13.6. The fraction of sp³-hybridized carbons (Fsp3) is 0.538. The van der Waals surface area contributed by atoms with Crippen molar-refractivity contribution in [1.29, 1.82) is 0 Å². The van der Waals surface area contributed by atoms with E-state index < -0.39 is 45.3 Å². The second-order valence-corrected chi connectivity index (χ2v) is 6.98. The summed E-state index contributed by atoms with van der Waals surface area (Å²) < 4.78 is 92.0. The molecule has 1 fully saturated rings. The monoisotopic (exact) mass is 373 g/mol. The number of piperazine rings is 1. The average molecular weight is 373 g/mol. The van der Waals surface area contributed by atoms with Crippen LogP contribution in [0.15, 0.2) is 23.1 Å². The van der Waals surface area contributed by atoms with Gasteiger partial charge in [-0.1, -0.05) is 6.07 Å². The van der Waals surface area contributed by atoms with Crippen LogP contribution in [0.25, 0.3) is 0 Å². The summed E-state index contributed by atoms with van der Waals surface area (Å²) in [6.45, 7) is -0.0992. The number of nitrogens with one attached hydrogen (secondary N) is 2. The quantitative estimate of drug-likeness (QED) is 0.759. The Kier molecular flexibility index (Phi) is 5.78. The van der Waals surface area contributed by atoms with E-state index in [2.05, 4.69) is 5.32 Å². The van der Waals surface area contributed by atoms with Crippen LogP contribution >= 0.6 is 0 Å². The van der Waals surface area contributed by atoms with E-state index in [9.17, 15) is 30.4 Å². The molecule has 1 aromatic carbocycles. The molecule has 2 N–H and O–H groups in total. The molecule has 24 heavy (non-hydrogen) atoms. The molecule has 0 bridgehead atoms. The first-order valence-electron chi connectivity index (χ1n) is 7.08. The Balaban J connectivity index is 2.17. The highest BCUT2D eigenvalue weighted by Crippen LogP contribution is 2.25. The van der Waals surface area contributed by atoms with Gasteiger partial charge in [-0.25, -0.2) is 21.9 Å². The first-order valence-corrected chi connectivity index (χ1v) is 8.56. The van der Waals surface area contributed by atoms with Crippen LogP contribution in [0.2, 0.25) is 0 Å². The van der Waals surface area contributed by atoms with E-state index in [-0.39, 0.29) is 13.1 Å². The van der Waals surface area contributed by atoms with Gasteiger partial charge in [0.05, 0.1) is 0 Å². The lowest BCUT2D eigenvalue weighted by Gasteiger charge is -2.35. The highest BCUT2D eigenvalue weighted by Gasteiger charge is 2.44. The molecule has 1 aliphatic rings. The van der Waals surface area contributed by atoms with Crippen LogP contribution in [-0.2, 0) is 10.0 Å². The third-order valence-corrected chi connectivity index (χ3v) is 5.08. The fourth-order valence-corrected chi connectivity index (χ4v) is 3.53. The van der Waals surface area contributed by atoms with Gasteiger partial charge in [0.1, 0.15) is 10.9 Å². The predicted octanol–water partition coefficient (Wildman–Crippen LogP) is 1.08. The number of rotatable bonds is 5. The topological polar surface area (TPSA) is 61.4 Å². The van der Waals surface area contributed by atoms with Crippen molar-refractivity contribution in [2.45, 2.75) is 17.1 Å². The molecule has 2 rings (SSSR count). The minimum Gasteiger partial charge on any atom is -0.314 e. The van der Waals surface area contributed by atoms with E-state index in [0.717, 1.165) is 17.0 Å². The van der Waals surface area contributed by atoms with Gasteiger partial charge in [-0.3, -0.25) is 4.90 Å². The third-order valence-electron chi connectivity index (χ3n) is 3.64. The summed E-state index contributed by atoms with van der Waals surface area (Å²) in [7, 11) is -4.61. The number of hydrogen-bond donors (Lipinski definition) is 2. The smallest absolute Gasteiger partial charge is 0.314 e. The van der Waals surface area contributed by atoms with Gasteiger partial charge in [0, 0.05) is 32.7 Å². The Bertz CT molecular complexity index is 675. The summed E-state index contributed by atoms with van der Waals surface area (Å²) in [6, 6.07) is 0.415. The molecule has 1 unspecified atom stereocenters. The van der Waals surface area contributed by atoms with Crippen LogP contribution in [0.4, 0.5) is 22.0 Å². The number of nitrogens with zero attached hydrogens (tertiary/aromatic N) is 1. The standard InChI is InChI=1S/C13H16F5N3O2S/c14-9-2-1-3-10(12(9)15)24(22,23)20-8-11(13(16,17)18)21-6-4-19-5-7-21/h1-3,11,19-20H,4-8H2. The second-order valence-electron chi connectivity index (χ2n) is 5.25. The van der Waals surface area contributed by atoms with E-state index in [1.54, 1.807) is 4.72 Å². The van der Waals surface area contributed by atoms with Crippen LogP contribution in [0.5, 0.6) is 0 Å². The van der Waals surface area contributed by atoms with Crippen LogP contribution in [-0.4, -0.2) is 58.3 Å². The molecule has 1 atom stereocenters. The lowest BCUT2D eigenvalue weighted by atomic mass is 10.2. The van der Waals surface area contributed by atoms with E-state index >= 15 is 0 Å². The van der Waals surface area contributed by atoms with Crippen molar-refractivity contribution in [3.05, 3.63) is 29.8 Å². The van der Waals surface area contributed by atoms with Crippen LogP contribution in [0.3, 0.4) is 0 Å². The Morgan fingerprint density at radius 3 is 2.42 bits per heavy atom. The van der Waals surface area contributed by atoms with E-state index in [1.807, 2.05) is 0 Å². The van der Waals surface area contributed by atoms with Crippen molar-refractivity contribution in [2.24, 2.45) is 0 Å². The van der Waals surface area contributed by atoms with Crippen LogP contribution < -0.4 is 10.0 Å². The molecule has 1 aromatic rings. The first-order chi connectivity index (χ1) is 11.1. The van der Waals surface area contributed by atoms with E-state index in [0.29, 0.717) is 19.2 Å². The number of sulfonamides is 1. The van der Waals surface area contributed by atoms with Gasteiger partial charge in [-0.15, -0.1) is 0 Å². The van der Waals surface area contributed by atoms with Crippen molar-refractivity contribution in [3.63, 3.8) is 0 Å². The largest absolute Gasteiger partial charge is 0.405 e. The molecular weight excluding hydrogens is 357 g/mol. The Labute approximate surface area is 135 Å². The molecule has 1 saturated heterocycles. The summed E-state index contributed by atoms with van der Waals surface area (Å²) >= 11 is 0. The lowest BCUT2D eigenvalue weighted by Crippen LogP contribution is -2.57. The minimum atomic E-state index is -4.67. The number of alkyl halides is 3. The molecule has 11 heteroatoms. The van der Waals surface area contributed by atoms with Gasteiger partial charge in [0.2, 0.25) is 10.0 Å². The summed E-state index contributed by atoms with van der Waals surface area (Å²) in [4.78, 5) is 0.0738. The summed E-state index contributed by atoms with van der Waals surface area (Å²) in [5.41, 5.74) is 0. The number of benzene rings is 1. The number of hydrogen-bond acceptors (Lipinski definition) is 4. The Morgan fingerprint density at radius 1 is 1.21 bits per heavy atom. The highest BCUT2D eigenvalue weighted by molar-refractivity contribution is 7.89. The molecule has 136 valence electrons. The van der Waals surface area contributed by atoms with E-state index in [4.69, 9.17) is 0 Å². The van der Waals surface area contributed by atoms with Crippen LogP contribution in [0.1, 0.15) is 0 Å². The second kappa shape index (κ2) is 7.30. The van der Waals surface area contributed by atoms with Crippen molar-refractivity contribution >= 4 is 10.0 Å². The van der Waals surface area contributed by atoms with Gasteiger partial charge in [0.15, 0.2) is 11.6 Å². The van der Waals surface area contributed by atoms with Crippen LogP contribution in [0, 0.1) is 11.6 Å². The first kappa shape index (κ1) is 19.0. The maximum absolute atomic E-state index is 13.6. The van der Waals surface area contributed by atoms with Crippen molar-refractivity contribution in [2.75, 3.05) is 32.7 Å². The molecular formula is C13H16F5N3O2S. The zero-order valence-electron chi connectivity index (χ0n) is 12.4. The Hall–Kier alpha value is -1.30. The average Bonchev–Trinajstić information content (AvgIpc) is 2.49. The highest BCUT2D eigenvalue weighted by atomic mass is 32.2. The molecule has 0 spiro atoms. The summed E-state index contributed by atoms with van der Waals surface area (Å²) in [5.74, 6) is -3.02. The molecule has 0 aromatic heterocycles. The SMILES string of the molecule is O=S(=O)(NCC(N1CCNCC1)C(F)(F)F)c1cccc(F)c1F. The number of halogens is 5. The molecule has 1 heterocycles. The van der Waals surface area contributed by atoms with Gasteiger partial charge in [-0.2, -0.15) is 13.2 Å². The normalized spacial score (nSPS) is 18.5. The minimum absolute atomic E-state index is 0.0975. The zero-order valence-corrected chi connectivity index (χ0v) is 13.2. The lowest BCUT2D eigenvalue weighted by molar-refractivity contribution is -0.182.